The van der Waals surface area contributed by atoms with E-state index in [4.69, 9.17) is 0 Å². The van der Waals surface area contributed by atoms with Crippen LogP contribution in [0.15, 0.2) is 24.3 Å². The summed E-state index contributed by atoms with van der Waals surface area (Å²) in [6, 6.07) is 8.31. The molecule has 0 saturated heterocycles. The first kappa shape index (κ1) is 13.6. The van der Waals surface area contributed by atoms with Gasteiger partial charge in [-0.2, -0.15) is 0 Å². The molecule has 0 bridgehead atoms. The molecular weight excluding hydrogens is 212 g/mol. The van der Waals surface area contributed by atoms with E-state index in [9.17, 15) is 4.79 Å². The summed E-state index contributed by atoms with van der Waals surface area (Å²) < 4.78 is 0. The van der Waals surface area contributed by atoms with Gasteiger partial charge in [0.25, 0.3) is 0 Å². The SMILES string of the molecule is CCc1ccccc1NCCCC(=O)N(C)C. The summed E-state index contributed by atoms with van der Waals surface area (Å²) in [5, 5.41) is 3.39. The van der Waals surface area contributed by atoms with Gasteiger partial charge in [0.05, 0.1) is 0 Å². The Kier molecular flexibility index (Phi) is 5.53. The molecule has 0 aliphatic heterocycles. The quantitative estimate of drug-likeness (QED) is 0.767. The molecule has 1 N–H and O–H groups in total. The highest BCUT2D eigenvalue weighted by atomic mass is 16.2. The number of rotatable bonds is 6. The van der Waals surface area contributed by atoms with Crippen molar-refractivity contribution in [3.63, 3.8) is 0 Å². The lowest BCUT2D eigenvalue weighted by Crippen LogP contribution is -2.22. The highest BCUT2D eigenvalue weighted by Gasteiger charge is 2.03. The van der Waals surface area contributed by atoms with Crippen LogP contribution in [0.3, 0.4) is 0 Å². The van der Waals surface area contributed by atoms with Crippen molar-refractivity contribution in [1.29, 1.82) is 0 Å². The van der Waals surface area contributed by atoms with E-state index in [2.05, 4.69) is 30.4 Å². The van der Waals surface area contributed by atoms with Crippen LogP contribution in [0.4, 0.5) is 5.69 Å². The lowest BCUT2D eigenvalue weighted by molar-refractivity contribution is -0.128. The summed E-state index contributed by atoms with van der Waals surface area (Å²) in [5.41, 5.74) is 2.51. The van der Waals surface area contributed by atoms with E-state index < -0.39 is 0 Å². The Balaban J connectivity index is 2.33. The summed E-state index contributed by atoms with van der Waals surface area (Å²) >= 11 is 0. The summed E-state index contributed by atoms with van der Waals surface area (Å²) in [4.78, 5) is 13.0. The number of anilines is 1. The normalized spacial score (nSPS) is 10.1. The molecule has 0 heterocycles. The number of carbonyl (C=O) groups excluding carboxylic acids is 1. The van der Waals surface area contributed by atoms with Crippen LogP contribution in [0.1, 0.15) is 25.3 Å². The minimum Gasteiger partial charge on any atom is -0.385 e. The van der Waals surface area contributed by atoms with Crippen LogP contribution in [-0.4, -0.2) is 31.4 Å². The highest BCUT2D eigenvalue weighted by Crippen LogP contribution is 2.15. The zero-order valence-electron chi connectivity index (χ0n) is 11.0. The lowest BCUT2D eigenvalue weighted by Gasteiger charge is -2.12. The fourth-order valence-corrected chi connectivity index (χ4v) is 1.69. The maximum atomic E-state index is 11.4. The molecule has 1 aromatic carbocycles. The van der Waals surface area contributed by atoms with E-state index in [1.54, 1.807) is 19.0 Å². The first-order valence-electron chi connectivity index (χ1n) is 6.17. The predicted molar refractivity (Wildman–Crippen MR) is 72.2 cm³/mol. The van der Waals surface area contributed by atoms with Crippen molar-refractivity contribution in [2.45, 2.75) is 26.2 Å². The Morgan fingerprint density at radius 2 is 2.00 bits per heavy atom. The van der Waals surface area contributed by atoms with E-state index in [1.807, 2.05) is 6.07 Å². The van der Waals surface area contributed by atoms with Crippen molar-refractivity contribution < 1.29 is 4.79 Å². The Labute approximate surface area is 104 Å². The Bertz CT molecular complexity index is 361. The standard InChI is InChI=1S/C14H22N2O/c1-4-12-8-5-6-9-13(12)15-11-7-10-14(17)16(2)3/h5-6,8-9,15H,4,7,10-11H2,1-3H3. The van der Waals surface area contributed by atoms with Gasteiger partial charge in [-0.05, 0) is 24.5 Å². The molecule has 17 heavy (non-hydrogen) atoms. The molecule has 0 unspecified atom stereocenters. The van der Waals surface area contributed by atoms with Gasteiger partial charge in [-0.3, -0.25) is 4.79 Å². The van der Waals surface area contributed by atoms with Crippen LogP contribution < -0.4 is 5.32 Å². The van der Waals surface area contributed by atoms with E-state index in [0.717, 1.165) is 19.4 Å². The number of para-hydroxylation sites is 1. The molecule has 1 rings (SSSR count). The second-order valence-electron chi connectivity index (χ2n) is 4.33. The predicted octanol–water partition coefficient (Wildman–Crippen LogP) is 2.53. The topological polar surface area (TPSA) is 32.3 Å². The number of carbonyl (C=O) groups is 1. The average Bonchev–Trinajstić information content (AvgIpc) is 2.34. The zero-order chi connectivity index (χ0) is 12.7. The summed E-state index contributed by atoms with van der Waals surface area (Å²) in [5.74, 6) is 0.190. The molecule has 0 spiro atoms. The second kappa shape index (κ2) is 6.94. The van der Waals surface area contributed by atoms with E-state index >= 15 is 0 Å². The third-order valence-electron chi connectivity index (χ3n) is 2.78. The number of hydrogen-bond acceptors (Lipinski definition) is 2. The lowest BCUT2D eigenvalue weighted by atomic mass is 10.1. The fraction of sp³-hybridized carbons (Fsp3) is 0.500. The van der Waals surface area contributed by atoms with Crippen LogP contribution in [0.2, 0.25) is 0 Å². The van der Waals surface area contributed by atoms with Crippen molar-refractivity contribution in [3.05, 3.63) is 29.8 Å². The molecule has 0 aliphatic carbocycles. The molecule has 3 nitrogen and oxygen atoms in total. The van der Waals surface area contributed by atoms with Gasteiger partial charge >= 0.3 is 0 Å². The van der Waals surface area contributed by atoms with Crippen molar-refractivity contribution >= 4 is 11.6 Å². The van der Waals surface area contributed by atoms with E-state index in [-0.39, 0.29) is 5.91 Å². The Morgan fingerprint density at radius 3 is 2.65 bits per heavy atom. The van der Waals surface area contributed by atoms with Gasteiger partial charge in [0.15, 0.2) is 0 Å². The summed E-state index contributed by atoms with van der Waals surface area (Å²) in [6.07, 6.45) is 2.50. The third kappa shape index (κ3) is 4.47. The largest absolute Gasteiger partial charge is 0.385 e. The molecule has 0 radical (unpaired) electrons. The van der Waals surface area contributed by atoms with Crippen molar-refractivity contribution in [2.24, 2.45) is 0 Å². The fourth-order valence-electron chi connectivity index (χ4n) is 1.69. The Hall–Kier alpha value is -1.51. The van der Waals surface area contributed by atoms with Gasteiger partial charge in [-0.15, -0.1) is 0 Å². The molecule has 0 fully saturated rings. The summed E-state index contributed by atoms with van der Waals surface area (Å²) in [6.45, 7) is 2.99. The van der Waals surface area contributed by atoms with E-state index in [1.165, 1.54) is 11.3 Å². The molecule has 0 aliphatic rings. The molecular formula is C14H22N2O. The first-order chi connectivity index (χ1) is 8.15. The number of nitrogens with zero attached hydrogens (tertiary/aromatic N) is 1. The number of aryl methyl sites for hydroxylation is 1. The van der Waals surface area contributed by atoms with E-state index in [0.29, 0.717) is 6.42 Å². The van der Waals surface area contributed by atoms with Crippen LogP contribution in [-0.2, 0) is 11.2 Å². The van der Waals surface area contributed by atoms with Crippen molar-refractivity contribution in [1.82, 2.24) is 4.90 Å². The number of nitrogens with one attached hydrogen (secondary N) is 1. The zero-order valence-corrected chi connectivity index (χ0v) is 11.0. The molecule has 0 saturated carbocycles. The van der Waals surface area contributed by atoms with Gasteiger partial charge in [0.1, 0.15) is 0 Å². The molecule has 1 aromatic rings. The van der Waals surface area contributed by atoms with Gasteiger partial charge in [0.2, 0.25) is 5.91 Å². The molecule has 0 aromatic heterocycles. The van der Waals surface area contributed by atoms with Crippen molar-refractivity contribution in [2.75, 3.05) is 26.0 Å². The molecule has 3 heteroatoms. The maximum absolute atomic E-state index is 11.4. The number of hydrogen-bond donors (Lipinski definition) is 1. The highest BCUT2D eigenvalue weighted by molar-refractivity contribution is 5.75. The van der Waals surface area contributed by atoms with Crippen LogP contribution in [0.5, 0.6) is 0 Å². The second-order valence-corrected chi connectivity index (χ2v) is 4.33. The van der Waals surface area contributed by atoms with Gasteiger partial charge in [-0.25, -0.2) is 0 Å². The van der Waals surface area contributed by atoms with Crippen LogP contribution in [0.25, 0.3) is 0 Å². The maximum Gasteiger partial charge on any atom is 0.222 e. The van der Waals surface area contributed by atoms with Crippen LogP contribution >= 0.6 is 0 Å². The average molecular weight is 234 g/mol. The smallest absolute Gasteiger partial charge is 0.222 e. The third-order valence-corrected chi connectivity index (χ3v) is 2.78. The Morgan fingerprint density at radius 1 is 1.29 bits per heavy atom. The molecule has 94 valence electrons. The number of benzene rings is 1. The van der Waals surface area contributed by atoms with Crippen molar-refractivity contribution in [3.8, 4) is 0 Å². The van der Waals surface area contributed by atoms with Gasteiger partial charge in [-0.1, -0.05) is 25.1 Å². The van der Waals surface area contributed by atoms with Gasteiger partial charge < -0.3 is 10.2 Å². The first-order valence-corrected chi connectivity index (χ1v) is 6.17. The van der Waals surface area contributed by atoms with Crippen LogP contribution in [0, 0.1) is 0 Å². The summed E-state index contributed by atoms with van der Waals surface area (Å²) in [7, 11) is 3.59. The minimum absolute atomic E-state index is 0.190. The van der Waals surface area contributed by atoms with Gasteiger partial charge in [0, 0.05) is 32.7 Å². The molecule has 1 amide bonds. The monoisotopic (exact) mass is 234 g/mol. The molecule has 0 atom stereocenters. The minimum atomic E-state index is 0.190. The number of amides is 1.